The van der Waals surface area contributed by atoms with Crippen LogP contribution in [0.4, 0.5) is 0 Å². The van der Waals surface area contributed by atoms with Crippen LogP contribution in [0.3, 0.4) is 0 Å². The number of hydrogen-bond donors (Lipinski definition) is 3. The number of aromatic amines is 2. The van der Waals surface area contributed by atoms with E-state index < -0.39 is 0 Å². The van der Waals surface area contributed by atoms with Gasteiger partial charge in [-0.1, -0.05) is 18.2 Å². The molecule has 0 saturated heterocycles. The van der Waals surface area contributed by atoms with Crippen molar-refractivity contribution < 1.29 is 14.3 Å². The highest BCUT2D eigenvalue weighted by Gasteiger charge is 2.15. The highest BCUT2D eigenvalue weighted by molar-refractivity contribution is 6.01. The van der Waals surface area contributed by atoms with Gasteiger partial charge < -0.3 is 24.8 Å². The second-order valence-corrected chi connectivity index (χ2v) is 6.31. The third-order valence-electron chi connectivity index (χ3n) is 4.75. The molecule has 0 spiro atoms. The molecule has 138 valence electrons. The molecule has 0 aliphatic carbocycles. The smallest absolute Gasteiger partial charge is 0.267 e. The van der Waals surface area contributed by atoms with Gasteiger partial charge in [0.15, 0.2) is 0 Å². The van der Waals surface area contributed by atoms with E-state index in [-0.39, 0.29) is 5.91 Å². The zero-order chi connectivity index (χ0) is 18.8. The number of para-hydroxylation sites is 1. The second kappa shape index (κ2) is 7.07. The molecule has 1 amide bonds. The zero-order valence-electron chi connectivity index (χ0n) is 15.3. The van der Waals surface area contributed by atoms with E-state index in [1.54, 1.807) is 20.3 Å². The molecule has 0 aliphatic heterocycles. The molecule has 2 aromatic carbocycles. The fourth-order valence-electron chi connectivity index (χ4n) is 3.38. The predicted molar refractivity (Wildman–Crippen MR) is 106 cm³/mol. The summed E-state index contributed by atoms with van der Waals surface area (Å²) in [5.41, 5.74) is 3.52. The number of amides is 1. The third-order valence-corrected chi connectivity index (χ3v) is 4.75. The molecule has 0 radical (unpaired) electrons. The van der Waals surface area contributed by atoms with E-state index in [0.29, 0.717) is 23.7 Å². The lowest BCUT2D eigenvalue weighted by Crippen LogP contribution is -2.25. The van der Waals surface area contributed by atoms with Crippen molar-refractivity contribution in [3.8, 4) is 11.5 Å². The molecule has 6 heteroatoms. The van der Waals surface area contributed by atoms with Crippen molar-refractivity contribution in [2.45, 2.75) is 6.42 Å². The van der Waals surface area contributed by atoms with Gasteiger partial charge in [0, 0.05) is 29.0 Å². The van der Waals surface area contributed by atoms with Gasteiger partial charge in [-0.2, -0.15) is 0 Å². The zero-order valence-corrected chi connectivity index (χ0v) is 15.3. The minimum atomic E-state index is -0.157. The van der Waals surface area contributed by atoms with Crippen molar-refractivity contribution in [1.82, 2.24) is 15.3 Å². The topological polar surface area (TPSA) is 79.1 Å². The number of hydrogen-bond acceptors (Lipinski definition) is 3. The number of ether oxygens (including phenoxy) is 2. The quantitative estimate of drug-likeness (QED) is 0.489. The molecule has 0 bridgehead atoms. The Balaban J connectivity index is 1.50. The molecular formula is C21H21N3O3. The van der Waals surface area contributed by atoms with Gasteiger partial charge >= 0.3 is 0 Å². The van der Waals surface area contributed by atoms with Crippen LogP contribution in [0.5, 0.6) is 11.5 Å². The molecule has 2 aromatic heterocycles. The molecule has 6 nitrogen and oxygen atoms in total. The van der Waals surface area contributed by atoms with E-state index in [1.165, 1.54) is 10.9 Å². The van der Waals surface area contributed by atoms with Crippen LogP contribution >= 0.6 is 0 Å². The fraction of sp³-hybridized carbons (Fsp3) is 0.190. The SMILES string of the molecule is COc1ccc(OC)c2[nH]c(C(=O)NCCc3c[nH]c4ccccc34)cc12. The third kappa shape index (κ3) is 3.10. The number of carbonyl (C=O) groups excluding carboxylic acids is 1. The summed E-state index contributed by atoms with van der Waals surface area (Å²) < 4.78 is 10.7. The fourth-order valence-corrected chi connectivity index (χ4v) is 3.38. The van der Waals surface area contributed by atoms with Crippen molar-refractivity contribution in [2.24, 2.45) is 0 Å². The average Bonchev–Trinajstić information content (AvgIpc) is 3.32. The highest BCUT2D eigenvalue weighted by atomic mass is 16.5. The van der Waals surface area contributed by atoms with E-state index in [4.69, 9.17) is 9.47 Å². The highest BCUT2D eigenvalue weighted by Crippen LogP contribution is 2.33. The minimum absolute atomic E-state index is 0.157. The first-order valence-electron chi connectivity index (χ1n) is 8.78. The van der Waals surface area contributed by atoms with Crippen molar-refractivity contribution in [1.29, 1.82) is 0 Å². The van der Waals surface area contributed by atoms with Crippen LogP contribution in [0.2, 0.25) is 0 Å². The maximum absolute atomic E-state index is 12.6. The molecule has 0 unspecified atom stereocenters. The summed E-state index contributed by atoms with van der Waals surface area (Å²) in [6.07, 6.45) is 2.75. The van der Waals surface area contributed by atoms with Crippen LogP contribution in [-0.2, 0) is 6.42 Å². The van der Waals surface area contributed by atoms with Crippen LogP contribution < -0.4 is 14.8 Å². The van der Waals surface area contributed by atoms with Crippen LogP contribution in [0.1, 0.15) is 16.1 Å². The Morgan fingerprint density at radius 1 is 1.04 bits per heavy atom. The Morgan fingerprint density at radius 2 is 1.81 bits per heavy atom. The summed E-state index contributed by atoms with van der Waals surface area (Å²) in [6, 6.07) is 13.6. The number of H-pyrrole nitrogens is 2. The van der Waals surface area contributed by atoms with Crippen molar-refractivity contribution >= 4 is 27.7 Å². The number of rotatable bonds is 6. The molecule has 0 saturated carbocycles. The van der Waals surface area contributed by atoms with Gasteiger partial charge in [-0.25, -0.2) is 0 Å². The number of benzene rings is 2. The van der Waals surface area contributed by atoms with Gasteiger partial charge in [0.25, 0.3) is 5.91 Å². The summed E-state index contributed by atoms with van der Waals surface area (Å²) in [4.78, 5) is 19.0. The molecule has 4 rings (SSSR count). The van der Waals surface area contributed by atoms with Crippen molar-refractivity contribution in [2.75, 3.05) is 20.8 Å². The van der Waals surface area contributed by atoms with Gasteiger partial charge in [0.05, 0.1) is 19.7 Å². The van der Waals surface area contributed by atoms with E-state index in [2.05, 4.69) is 21.4 Å². The summed E-state index contributed by atoms with van der Waals surface area (Å²) in [7, 11) is 3.21. The Bertz CT molecular complexity index is 1070. The van der Waals surface area contributed by atoms with Gasteiger partial charge in [0.2, 0.25) is 0 Å². The lowest BCUT2D eigenvalue weighted by molar-refractivity contribution is 0.0950. The summed E-state index contributed by atoms with van der Waals surface area (Å²) >= 11 is 0. The Labute approximate surface area is 156 Å². The number of aromatic nitrogens is 2. The van der Waals surface area contributed by atoms with E-state index >= 15 is 0 Å². The van der Waals surface area contributed by atoms with E-state index in [9.17, 15) is 4.79 Å². The Hall–Kier alpha value is -3.41. The second-order valence-electron chi connectivity index (χ2n) is 6.31. The van der Waals surface area contributed by atoms with Crippen LogP contribution in [0, 0.1) is 0 Å². The maximum atomic E-state index is 12.6. The van der Waals surface area contributed by atoms with Crippen molar-refractivity contribution in [3.05, 3.63) is 59.9 Å². The van der Waals surface area contributed by atoms with Gasteiger partial charge in [0.1, 0.15) is 17.2 Å². The predicted octanol–water partition coefficient (Wildman–Crippen LogP) is 3.64. The monoisotopic (exact) mass is 363 g/mol. The number of carbonyl (C=O) groups is 1. The first kappa shape index (κ1) is 17.0. The lowest BCUT2D eigenvalue weighted by atomic mass is 10.1. The molecular weight excluding hydrogens is 342 g/mol. The number of nitrogens with one attached hydrogen (secondary N) is 3. The summed E-state index contributed by atoms with van der Waals surface area (Å²) in [5, 5.41) is 4.98. The average molecular weight is 363 g/mol. The van der Waals surface area contributed by atoms with Crippen LogP contribution in [0.15, 0.2) is 48.7 Å². The number of fused-ring (bicyclic) bond motifs is 2. The first-order chi connectivity index (χ1) is 13.2. The van der Waals surface area contributed by atoms with E-state index in [0.717, 1.165) is 22.8 Å². The van der Waals surface area contributed by atoms with Gasteiger partial charge in [-0.3, -0.25) is 4.79 Å². The molecule has 4 aromatic rings. The van der Waals surface area contributed by atoms with Crippen LogP contribution in [0.25, 0.3) is 21.8 Å². The largest absolute Gasteiger partial charge is 0.496 e. The molecule has 2 heterocycles. The molecule has 3 N–H and O–H groups in total. The Kier molecular flexibility index (Phi) is 4.46. The molecule has 0 fully saturated rings. The first-order valence-corrected chi connectivity index (χ1v) is 8.78. The van der Waals surface area contributed by atoms with Gasteiger partial charge in [-0.05, 0) is 36.2 Å². The molecule has 0 atom stereocenters. The lowest BCUT2D eigenvalue weighted by Gasteiger charge is -2.05. The van der Waals surface area contributed by atoms with Crippen LogP contribution in [-0.4, -0.2) is 36.6 Å². The summed E-state index contributed by atoms with van der Waals surface area (Å²) in [6.45, 7) is 0.546. The normalized spacial score (nSPS) is 11.0. The standard InChI is InChI=1S/C21H21N3O3/c1-26-18-7-8-19(27-2)20-15(18)11-17(24-20)21(25)22-10-9-13-12-23-16-6-4-3-5-14(13)16/h3-8,11-12,23-24H,9-10H2,1-2H3,(H,22,25). The minimum Gasteiger partial charge on any atom is -0.496 e. The Morgan fingerprint density at radius 3 is 2.63 bits per heavy atom. The maximum Gasteiger partial charge on any atom is 0.267 e. The molecule has 27 heavy (non-hydrogen) atoms. The van der Waals surface area contributed by atoms with Gasteiger partial charge in [-0.15, -0.1) is 0 Å². The number of methoxy groups -OCH3 is 2. The molecule has 0 aliphatic rings. The summed E-state index contributed by atoms with van der Waals surface area (Å²) in [5.74, 6) is 1.21. The van der Waals surface area contributed by atoms with E-state index in [1.807, 2.05) is 36.5 Å². The van der Waals surface area contributed by atoms with Crippen molar-refractivity contribution in [3.63, 3.8) is 0 Å².